The summed E-state index contributed by atoms with van der Waals surface area (Å²) in [7, 11) is 0. The van der Waals surface area contributed by atoms with Crippen molar-refractivity contribution in [1.82, 2.24) is 10.2 Å². The maximum absolute atomic E-state index is 13.2. The third kappa shape index (κ3) is 4.83. The van der Waals surface area contributed by atoms with Gasteiger partial charge in [0, 0.05) is 22.9 Å². The van der Waals surface area contributed by atoms with Crippen LogP contribution in [0, 0.1) is 0 Å². The Labute approximate surface area is 190 Å². The highest BCUT2D eigenvalue weighted by molar-refractivity contribution is 8.13. The first kappa shape index (κ1) is 21.6. The number of carbonyl (C=O) groups excluding carboxylic acids is 2. The van der Waals surface area contributed by atoms with Crippen LogP contribution in [0.2, 0.25) is 5.02 Å². The standard InChI is InChI=1S/C23H23ClN4O2S/c1-2-3-12-25-20(29)13-19-22(30)28-21(26-19)17-6-4-5-7-18(17)27-23(28)31-14-15-8-10-16(24)11-9-15/h4-11,19H,2-3,12-14H2,1H3,(H,25,29)/t19-/m1/s1. The second kappa shape index (κ2) is 9.66. The lowest BCUT2D eigenvalue weighted by Crippen LogP contribution is -2.42. The van der Waals surface area contributed by atoms with E-state index in [-0.39, 0.29) is 18.2 Å². The van der Waals surface area contributed by atoms with Crippen LogP contribution in [0.1, 0.15) is 37.3 Å². The van der Waals surface area contributed by atoms with Crippen LogP contribution in [0.25, 0.3) is 0 Å². The van der Waals surface area contributed by atoms with Crippen molar-refractivity contribution in [3.8, 4) is 0 Å². The Bertz CT molecular complexity index is 1050. The summed E-state index contributed by atoms with van der Waals surface area (Å²) in [6.45, 7) is 2.68. The molecule has 4 rings (SSSR count). The van der Waals surface area contributed by atoms with Crippen LogP contribution >= 0.6 is 23.4 Å². The van der Waals surface area contributed by atoms with Gasteiger partial charge in [-0.1, -0.05) is 61.0 Å². The fourth-order valence-corrected chi connectivity index (χ4v) is 4.50. The van der Waals surface area contributed by atoms with Gasteiger partial charge in [-0.3, -0.25) is 14.6 Å². The second-order valence-electron chi connectivity index (χ2n) is 7.38. The van der Waals surface area contributed by atoms with Gasteiger partial charge in [0.05, 0.1) is 12.1 Å². The Morgan fingerprint density at radius 1 is 1.19 bits per heavy atom. The van der Waals surface area contributed by atoms with E-state index < -0.39 is 6.04 Å². The predicted octanol–water partition coefficient (Wildman–Crippen LogP) is 4.54. The van der Waals surface area contributed by atoms with Crippen molar-refractivity contribution in [3.05, 3.63) is 64.7 Å². The molecular formula is C23H23ClN4O2S. The summed E-state index contributed by atoms with van der Waals surface area (Å²) in [5.74, 6) is 0.840. The highest BCUT2D eigenvalue weighted by Gasteiger charge is 2.41. The Morgan fingerprint density at radius 2 is 1.97 bits per heavy atom. The minimum absolute atomic E-state index is 0.0415. The van der Waals surface area contributed by atoms with Gasteiger partial charge >= 0.3 is 0 Å². The van der Waals surface area contributed by atoms with Gasteiger partial charge in [0.2, 0.25) is 5.91 Å². The quantitative estimate of drug-likeness (QED) is 0.624. The first-order valence-corrected chi connectivity index (χ1v) is 11.7. The summed E-state index contributed by atoms with van der Waals surface area (Å²) in [6.07, 6.45) is 1.95. The highest BCUT2D eigenvalue weighted by Crippen LogP contribution is 2.34. The zero-order valence-corrected chi connectivity index (χ0v) is 18.7. The monoisotopic (exact) mass is 454 g/mol. The highest BCUT2D eigenvalue weighted by atomic mass is 35.5. The molecule has 2 aliphatic heterocycles. The van der Waals surface area contributed by atoms with Gasteiger partial charge in [0.1, 0.15) is 11.9 Å². The molecule has 2 heterocycles. The molecule has 0 bridgehead atoms. The molecule has 0 aliphatic carbocycles. The molecule has 0 saturated heterocycles. The number of amides is 2. The van der Waals surface area contributed by atoms with Gasteiger partial charge in [0.15, 0.2) is 5.17 Å². The van der Waals surface area contributed by atoms with Crippen LogP contribution < -0.4 is 5.32 Å². The Kier molecular flexibility index (Phi) is 6.73. The van der Waals surface area contributed by atoms with Crippen molar-refractivity contribution < 1.29 is 9.59 Å². The molecule has 0 radical (unpaired) electrons. The molecule has 2 amide bonds. The van der Waals surface area contributed by atoms with E-state index in [1.807, 2.05) is 48.5 Å². The number of para-hydroxylation sites is 1. The number of rotatable bonds is 7. The number of fused-ring (bicyclic) bond motifs is 3. The maximum atomic E-state index is 13.2. The zero-order valence-electron chi connectivity index (χ0n) is 17.2. The third-order valence-corrected chi connectivity index (χ3v) is 6.32. The molecule has 0 fully saturated rings. The number of halogens is 1. The fourth-order valence-electron chi connectivity index (χ4n) is 3.41. The Balaban J connectivity index is 1.55. The second-order valence-corrected chi connectivity index (χ2v) is 8.76. The first-order valence-electron chi connectivity index (χ1n) is 10.3. The fraction of sp³-hybridized carbons (Fsp3) is 0.304. The first-order chi connectivity index (χ1) is 15.1. The molecule has 2 aliphatic rings. The van der Waals surface area contributed by atoms with Crippen molar-refractivity contribution in [3.63, 3.8) is 0 Å². The van der Waals surface area contributed by atoms with E-state index >= 15 is 0 Å². The number of nitrogens with one attached hydrogen (secondary N) is 1. The molecule has 2 aromatic rings. The van der Waals surface area contributed by atoms with E-state index in [2.05, 4.69) is 17.2 Å². The molecule has 0 unspecified atom stereocenters. The summed E-state index contributed by atoms with van der Waals surface area (Å²) in [4.78, 5) is 36.4. The summed E-state index contributed by atoms with van der Waals surface area (Å²) in [5.41, 5.74) is 2.66. The number of carbonyl (C=O) groups is 2. The molecule has 1 atom stereocenters. The molecule has 31 heavy (non-hydrogen) atoms. The third-order valence-electron chi connectivity index (χ3n) is 5.06. The van der Waals surface area contributed by atoms with E-state index in [0.717, 1.165) is 29.7 Å². The topological polar surface area (TPSA) is 74.1 Å². The van der Waals surface area contributed by atoms with E-state index in [0.29, 0.717) is 28.3 Å². The number of nitrogens with zero attached hydrogens (tertiary/aromatic N) is 3. The van der Waals surface area contributed by atoms with Crippen molar-refractivity contribution in [2.75, 3.05) is 6.54 Å². The summed E-state index contributed by atoms with van der Waals surface area (Å²) < 4.78 is 0. The van der Waals surface area contributed by atoms with Gasteiger partial charge in [-0.05, 0) is 36.2 Å². The van der Waals surface area contributed by atoms with Crippen LogP contribution in [0.3, 0.4) is 0 Å². The molecule has 6 nitrogen and oxygen atoms in total. The number of hydrogen-bond acceptors (Lipinski definition) is 5. The predicted molar refractivity (Wildman–Crippen MR) is 126 cm³/mol. The van der Waals surface area contributed by atoms with Crippen molar-refractivity contribution >= 4 is 51.9 Å². The minimum atomic E-state index is -0.732. The smallest absolute Gasteiger partial charge is 0.259 e. The van der Waals surface area contributed by atoms with Gasteiger partial charge < -0.3 is 5.32 Å². The van der Waals surface area contributed by atoms with Crippen molar-refractivity contribution in [1.29, 1.82) is 0 Å². The molecule has 0 spiro atoms. The molecule has 2 aromatic carbocycles. The maximum Gasteiger partial charge on any atom is 0.259 e. The summed E-state index contributed by atoms with van der Waals surface area (Å²) in [5, 5.41) is 4.13. The lowest BCUT2D eigenvalue weighted by molar-refractivity contribution is -0.128. The van der Waals surface area contributed by atoms with Crippen molar-refractivity contribution in [2.45, 2.75) is 38.0 Å². The molecule has 0 aromatic heterocycles. The largest absolute Gasteiger partial charge is 0.356 e. The normalized spacial score (nSPS) is 17.0. The zero-order chi connectivity index (χ0) is 21.8. The molecule has 1 N–H and O–H groups in total. The van der Waals surface area contributed by atoms with E-state index in [9.17, 15) is 9.59 Å². The number of amidine groups is 2. The molecular weight excluding hydrogens is 432 g/mol. The number of aliphatic imine (C=N–C) groups is 2. The lowest BCUT2D eigenvalue weighted by atomic mass is 10.1. The molecule has 160 valence electrons. The van der Waals surface area contributed by atoms with Gasteiger partial charge in [0.25, 0.3) is 5.91 Å². The van der Waals surface area contributed by atoms with Gasteiger partial charge in [-0.25, -0.2) is 9.89 Å². The van der Waals surface area contributed by atoms with Gasteiger partial charge in [-0.15, -0.1) is 0 Å². The van der Waals surface area contributed by atoms with E-state index in [1.54, 1.807) is 4.90 Å². The Morgan fingerprint density at radius 3 is 2.74 bits per heavy atom. The SMILES string of the molecule is CCCCNC(=O)C[C@H]1N=C2c3ccccc3N=C(SCc3ccc(Cl)cc3)N2C1=O. The van der Waals surface area contributed by atoms with Crippen LogP contribution in [0.5, 0.6) is 0 Å². The minimum Gasteiger partial charge on any atom is -0.356 e. The van der Waals surface area contributed by atoms with Crippen LogP contribution in [0.15, 0.2) is 58.5 Å². The number of benzene rings is 2. The van der Waals surface area contributed by atoms with Crippen LogP contribution in [0.4, 0.5) is 5.69 Å². The average molecular weight is 455 g/mol. The van der Waals surface area contributed by atoms with Gasteiger partial charge in [-0.2, -0.15) is 0 Å². The summed E-state index contributed by atoms with van der Waals surface area (Å²) >= 11 is 7.44. The average Bonchev–Trinajstić information content (AvgIpc) is 3.10. The summed E-state index contributed by atoms with van der Waals surface area (Å²) in [6, 6.07) is 14.5. The van der Waals surface area contributed by atoms with E-state index in [4.69, 9.17) is 16.6 Å². The number of unbranched alkanes of at least 4 members (excludes halogenated alkanes) is 1. The lowest BCUT2D eigenvalue weighted by Gasteiger charge is -2.25. The Hall–Kier alpha value is -2.64. The molecule has 8 heteroatoms. The molecule has 0 saturated carbocycles. The number of hydrogen-bond donors (Lipinski definition) is 1. The van der Waals surface area contributed by atoms with Crippen LogP contribution in [-0.2, 0) is 15.3 Å². The number of thioether (sulfide) groups is 1. The van der Waals surface area contributed by atoms with Crippen LogP contribution in [-0.4, -0.2) is 40.3 Å². The van der Waals surface area contributed by atoms with Crippen molar-refractivity contribution in [2.24, 2.45) is 9.98 Å². The van der Waals surface area contributed by atoms with E-state index in [1.165, 1.54) is 11.8 Å².